The summed E-state index contributed by atoms with van der Waals surface area (Å²) in [6.07, 6.45) is -3.29. The zero-order chi connectivity index (χ0) is 8.48. The van der Waals surface area contributed by atoms with Gasteiger partial charge < -0.3 is 4.42 Å². The number of hydrogen-bond donors (Lipinski definition) is 0. The predicted molar refractivity (Wildman–Crippen MR) is 32.8 cm³/mol. The van der Waals surface area contributed by atoms with E-state index in [-0.39, 0.29) is 12.0 Å². The van der Waals surface area contributed by atoms with Gasteiger partial charge in [-0.25, -0.2) is 0 Å². The van der Waals surface area contributed by atoms with Crippen molar-refractivity contribution in [1.29, 1.82) is 0 Å². The van der Waals surface area contributed by atoms with Gasteiger partial charge in [0.25, 0.3) is 0 Å². The van der Waals surface area contributed by atoms with Crippen LogP contribution in [0.5, 0.6) is 0 Å². The van der Waals surface area contributed by atoms with Gasteiger partial charge in [-0.2, -0.15) is 13.2 Å². The minimum Gasteiger partial charge on any atom is -0.459 e. The molecule has 11 heavy (non-hydrogen) atoms. The Morgan fingerprint density at radius 2 is 2.09 bits per heavy atom. The largest absolute Gasteiger partial charge is 0.459 e. The summed E-state index contributed by atoms with van der Waals surface area (Å²) in [5.74, 6) is -0.938. The van der Waals surface area contributed by atoms with Crippen molar-refractivity contribution in [1.82, 2.24) is 0 Å². The predicted octanol–water partition coefficient (Wildman–Crippen LogP) is 2.67. The fraction of sp³-hybridized carbons (Fsp3) is 0.286. The maximum Gasteiger partial charge on any atom is 0.449 e. The van der Waals surface area contributed by atoms with Crippen molar-refractivity contribution >= 4 is 0 Å². The molecule has 0 aromatic carbocycles. The average Bonchev–Trinajstić information content (AvgIpc) is 2.31. The first-order valence-electron chi connectivity index (χ1n) is 2.98. The Morgan fingerprint density at radius 3 is 2.45 bits per heavy atom. The Kier molecular flexibility index (Phi) is 1.93. The van der Waals surface area contributed by atoms with Crippen LogP contribution in [0.3, 0.4) is 0 Å². The van der Waals surface area contributed by atoms with Crippen LogP contribution in [0, 0.1) is 6.92 Å². The molecule has 0 saturated heterocycles. The Balaban J connectivity index is 3.02. The molecule has 0 spiro atoms. The molecule has 0 saturated carbocycles. The van der Waals surface area contributed by atoms with Gasteiger partial charge in [0.1, 0.15) is 0 Å². The SMILES string of the molecule is [CH2]Cc1ccoc1C(F)(F)F. The van der Waals surface area contributed by atoms with Gasteiger partial charge in [-0.1, -0.05) is 0 Å². The summed E-state index contributed by atoms with van der Waals surface area (Å²) in [4.78, 5) is 0. The van der Waals surface area contributed by atoms with Crippen molar-refractivity contribution in [2.45, 2.75) is 12.6 Å². The van der Waals surface area contributed by atoms with Crippen molar-refractivity contribution in [2.75, 3.05) is 0 Å². The van der Waals surface area contributed by atoms with E-state index in [4.69, 9.17) is 0 Å². The van der Waals surface area contributed by atoms with E-state index in [2.05, 4.69) is 11.3 Å². The first kappa shape index (κ1) is 8.17. The van der Waals surface area contributed by atoms with Gasteiger partial charge in [0.15, 0.2) is 0 Å². The third kappa shape index (κ3) is 1.56. The second-order valence-corrected chi connectivity index (χ2v) is 2.02. The summed E-state index contributed by atoms with van der Waals surface area (Å²) in [6.45, 7) is 3.34. The smallest absolute Gasteiger partial charge is 0.449 e. The minimum atomic E-state index is -4.39. The summed E-state index contributed by atoms with van der Waals surface area (Å²) in [6, 6.07) is 1.27. The Labute approximate surface area is 61.8 Å². The van der Waals surface area contributed by atoms with E-state index in [1.165, 1.54) is 6.07 Å². The second kappa shape index (κ2) is 2.60. The average molecular weight is 163 g/mol. The fourth-order valence-electron chi connectivity index (χ4n) is 0.781. The van der Waals surface area contributed by atoms with Gasteiger partial charge in [-0.3, -0.25) is 0 Å². The van der Waals surface area contributed by atoms with Crippen LogP contribution in [0.4, 0.5) is 13.2 Å². The first-order valence-corrected chi connectivity index (χ1v) is 2.98. The van der Waals surface area contributed by atoms with Gasteiger partial charge in [0.2, 0.25) is 5.76 Å². The molecule has 0 atom stereocenters. The third-order valence-electron chi connectivity index (χ3n) is 1.27. The lowest BCUT2D eigenvalue weighted by Crippen LogP contribution is -2.05. The molecule has 0 N–H and O–H groups in total. The van der Waals surface area contributed by atoms with E-state index in [0.29, 0.717) is 0 Å². The highest BCUT2D eigenvalue weighted by Crippen LogP contribution is 2.32. The molecule has 1 radical (unpaired) electrons. The molecule has 0 aliphatic heterocycles. The van der Waals surface area contributed by atoms with E-state index >= 15 is 0 Å². The van der Waals surface area contributed by atoms with Gasteiger partial charge in [-0.15, -0.1) is 0 Å². The molecule has 0 amide bonds. The zero-order valence-corrected chi connectivity index (χ0v) is 5.61. The highest BCUT2D eigenvalue weighted by molar-refractivity contribution is 5.20. The number of hydrogen-bond acceptors (Lipinski definition) is 1. The normalized spacial score (nSPS) is 12.0. The van der Waals surface area contributed by atoms with Crippen LogP contribution in [0.25, 0.3) is 0 Å². The van der Waals surface area contributed by atoms with Gasteiger partial charge in [0.05, 0.1) is 6.26 Å². The topological polar surface area (TPSA) is 13.1 Å². The van der Waals surface area contributed by atoms with Crippen molar-refractivity contribution in [3.8, 4) is 0 Å². The molecule has 1 aromatic rings. The van der Waals surface area contributed by atoms with Crippen LogP contribution in [0.2, 0.25) is 0 Å². The molecule has 0 fully saturated rings. The molecule has 1 nitrogen and oxygen atoms in total. The summed E-state index contributed by atoms with van der Waals surface area (Å²) in [7, 11) is 0. The van der Waals surface area contributed by atoms with E-state index < -0.39 is 11.9 Å². The fourth-order valence-corrected chi connectivity index (χ4v) is 0.781. The van der Waals surface area contributed by atoms with E-state index in [9.17, 15) is 13.2 Å². The molecule has 0 aliphatic carbocycles. The molecule has 1 rings (SSSR count). The van der Waals surface area contributed by atoms with Crippen LogP contribution in [0.1, 0.15) is 11.3 Å². The lowest BCUT2D eigenvalue weighted by Gasteiger charge is -2.03. The standard InChI is InChI=1S/C7H6F3O/c1-2-5-3-4-11-6(5)7(8,9)10/h3-4H,1-2H2. The van der Waals surface area contributed by atoms with E-state index in [1.54, 1.807) is 0 Å². The number of halogens is 3. The Hall–Kier alpha value is -0.930. The second-order valence-electron chi connectivity index (χ2n) is 2.02. The third-order valence-corrected chi connectivity index (χ3v) is 1.27. The molecule has 4 heteroatoms. The van der Waals surface area contributed by atoms with Gasteiger partial charge in [0, 0.05) is 5.56 Å². The van der Waals surface area contributed by atoms with Crippen molar-refractivity contribution in [3.05, 3.63) is 30.6 Å². The first-order chi connectivity index (χ1) is 5.05. The molecule has 61 valence electrons. The van der Waals surface area contributed by atoms with E-state index in [1.807, 2.05) is 0 Å². The van der Waals surface area contributed by atoms with Crippen LogP contribution >= 0.6 is 0 Å². The molecular weight excluding hydrogens is 157 g/mol. The lowest BCUT2D eigenvalue weighted by atomic mass is 10.2. The zero-order valence-electron chi connectivity index (χ0n) is 5.61. The van der Waals surface area contributed by atoms with Gasteiger partial charge >= 0.3 is 6.18 Å². The Morgan fingerprint density at radius 1 is 1.45 bits per heavy atom. The summed E-state index contributed by atoms with van der Waals surface area (Å²) in [5, 5.41) is 0. The maximum absolute atomic E-state index is 11.9. The molecule has 0 bridgehead atoms. The van der Waals surface area contributed by atoms with Crippen LogP contribution in [0.15, 0.2) is 16.7 Å². The number of furan rings is 1. The van der Waals surface area contributed by atoms with Gasteiger partial charge in [-0.05, 0) is 19.4 Å². The molecule has 0 unspecified atom stereocenters. The van der Waals surface area contributed by atoms with Crippen molar-refractivity contribution in [3.63, 3.8) is 0 Å². The summed E-state index contributed by atoms with van der Waals surface area (Å²) < 4.78 is 40.1. The number of rotatable bonds is 1. The Bertz CT molecular complexity index is 236. The number of alkyl halides is 3. The van der Waals surface area contributed by atoms with Crippen molar-refractivity contribution < 1.29 is 17.6 Å². The monoisotopic (exact) mass is 163 g/mol. The van der Waals surface area contributed by atoms with Crippen LogP contribution < -0.4 is 0 Å². The van der Waals surface area contributed by atoms with Crippen LogP contribution in [-0.4, -0.2) is 0 Å². The lowest BCUT2D eigenvalue weighted by molar-refractivity contribution is -0.153. The highest BCUT2D eigenvalue weighted by atomic mass is 19.4. The highest BCUT2D eigenvalue weighted by Gasteiger charge is 2.36. The van der Waals surface area contributed by atoms with Crippen molar-refractivity contribution in [2.24, 2.45) is 0 Å². The maximum atomic E-state index is 11.9. The molecule has 1 heterocycles. The summed E-state index contributed by atoms with van der Waals surface area (Å²) in [5.41, 5.74) is 0.0949. The molecule has 1 aromatic heterocycles. The summed E-state index contributed by atoms with van der Waals surface area (Å²) >= 11 is 0. The molecule has 0 aliphatic rings. The van der Waals surface area contributed by atoms with E-state index in [0.717, 1.165) is 6.26 Å². The van der Waals surface area contributed by atoms with Crippen LogP contribution in [-0.2, 0) is 12.6 Å². The molecular formula is C7H6F3O. The minimum absolute atomic E-state index is 0.0886. The quantitative estimate of drug-likeness (QED) is 0.620.